The highest BCUT2D eigenvalue weighted by Crippen LogP contribution is 2.32. The van der Waals surface area contributed by atoms with E-state index >= 15 is 0 Å². The molecule has 1 fully saturated rings. The number of ether oxygens (including phenoxy) is 3. The van der Waals surface area contributed by atoms with Gasteiger partial charge in [-0.2, -0.15) is 0 Å². The maximum atomic E-state index is 12.5. The van der Waals surface area contributed by atoms with E-state index in [1.165, 1.54) is 18.1 Å². The second-order valence-corrected chi connectivity index (χ2v) is 10.9. The molecule has 0 unspecified atom stereocenters. The van der Waals surface area contributed by atoms with E-state index in [0.29, 0.717) is 25.2 Å². The topological polar surface area (TPSA) is 85.4 Å². The first kappa shape index (κ1) is 28.2. The highest BCUT2D eigenvalue weighted by molar-refractivity contribution is 5.93. The van der Waals surface area contributed by atoms with Crippen LogP contribution in [0.15, 0.2) is 30.3 Å². The lowest BCUT2D eigenvalue weighted by Gasteiger charge is -2.33. The van der Waals surface area contributed by atoms with Gasteiger partial charge in [0, 0.05) is 31.9 Å². The molecule has 2 rings (SSSR count). The predicted octanol–water partition coefficient (Wildman–Crippen LogP) is 5.65. The fraction of sp³-hybridized carbons (Fsp3) is 0.593. The molecule has 1 aromatic carbocycles. The predicted molar refractivity (Wildman–Crippen MR) is 136 cm³/mol. The number of hydrogen-bond donors (Lipinski definition) is 0. The summed E-state index contributed by atoms with van der Waals surface area (Å²) in [5.74, 6) is -0.145. The number of anilines is 1. The number of carbonyl (C=O) groups is 3. The van der Waals surface area contributed by atoms with Gasteiger partial charge in [0.15, 0.2) is 0 Å². The van der Waals surface area contributed by atoms with Crippen LogP contribution in [-0.2, 0) is 19.0 Å². The molecule has 2 amide bonds. The molecule has 194 valence electrons. The van der Waals surface area contributed by atoms with Crippen molar-refractivity contribution in [3.05, 3.63) is 35.9 Å². The smallest absolute Gasteiger partial charge is 0.414 e. The molecule has 0 radical (unpaired) electrons. The average molecular weight is 489 g/mol. The number of rotatable bonds is 5. The summed E-state index contributed by atoms with van der Waals surface area (Å²) in [5.41, 5.74) is 1.19. The Bertz CT molecular complexity index is 934. The van der Waals surface area contributed by atoms with Crippen molar-refractivity contribution < 1.29 is 28.6 Å². The van der Waals surface area contributed by atoms with Gasteiger partial charge < -0.3 is 19.1 Å². The van der Waals surface area contributed by atoms with Gasteiger partial charge in [-0.15, -0.1) is 0 Å². The minimum atomic E-state index is -0.604. The van der Waals surface area contributed by atoms with Gasteiger partial charge in [-0.3, -0.25) is 4.90 Å². The number of carbonyl (C=O) groups excluding carboxylic acids is 3. The third-order valence-electron chi connectivity index (χ3n) is 5.54. The summed E-state index contributed by atoms with van der Waals surface area (Å²) in [6, 6.07) is 7.45. The van der Waals surface area contributed by atoms with E-state index in [4.69, 9.17) is 14.2 Å². The Morgan fingerprint density at radius 3 is 2.17 bits per heavy atom. The maximum absolute atomic E-state index is 12.5. The molecular weight excluding hydrogens is 448 g/mol. The Hall–Kier alpha value is -3.03. The van der Waals surface area contributed by atoms with Crippen LogP contribution in [0.4, 0.5) is 15.3 Å². The molecule has 0 aliphatic carbocycles. The van der Waals surface area contributed by atoms with Gasteiger partial charge in [0.25, 0.3) is 0 Å². The van der Waals surface area contributed by atoms with Crippen molar-refractivity contribution in [2.24, 2.45) is 5.92 Å². The number of esters is 1. The molecule has 0 atom stereocenters. The number of hydrogen-bond acceptors (Lipinski definition) is 6. The number of amides is 2. The van der Waals surface area contributed by atoms with Gasteiger partial charge in [-0.25, -0.2) is 14.4 Å². The lowest BCUT2D eigenvalue weighted by Crippen LogP contribution is -2.41. The number of allylic oxidation sites excluding steroid dienone is 1. The highest BCUT2D eigenvalue weighted by Gasteiger charge is 2.28. The van der Waals surface area contributed by atoms with Gasteiger partial charge in [0.2, 0.25) is 0 Å². The largest absolute Gasteiger partial charge is 0.466 e. The van der Waals surface area contributed by atoms with Crippen molar-refractivity contribution in [3.63, 3.8) is 0 Å². The standard InChI is InChI=1S/C27H40N2O6/c1-26(2,3)34-24(31)28(7)22-11-9-10-20(17-22)21(18-23(30)33-8)16-19-12-14-29(15-13-19)25(32)35-27(4,5)6/h9-11,17-19H,12-16H2,1-8H3. The first-order valence-electron chi connectivity index (χ1n) is 12.0. The van der Waals surface area contributed by atoms with E-state index in [0.717, 1.165) is 24.0 Å². The van der Waals surface area contributed by atoms with E-state index in [1.54, 1.807) is 11.9 Å². The van der Waals surface area contributed by atoms with Gasteiger partial charge in [-0.05, 0) is 90.0 Å². The SMILES string of the molecule is COC(=O)C=C(CC1CCN(C(=O)OC(C)(C)C)CC1)c1cccc(N(C)C(=O)OC(C)(C)C)c1. The number of piperidine rings is 1. The highest BCUT2D eigenvalue weighted by atomic mass is 16.6. The minimum absolute atomic E-state index is 0.289. The van der Waals surface area contributed by atoms with Gasteiger partial charge in [0.1, 0.15) is 11.2 Å². The van der Waals surface area contributed by atoms with Crippen LogP contribution in [0.5, 0.6) is 0 Å². The minimum Gasteiger partial charge on any atom is -0.466 e. The Morgan fingerprint density at radius 1 is 1.03 bits per heavy atom. The molecule has 0 aromatic heterocycles. The van der Waals surface area contributed by atoms with Crippen molar-refractivity contribution in [2.75, 3.05) is 32.1 Å². The molecule has 0 spiro atoms. The van der Waals surface area contributed by atoms with Crippen LogP contribution in [0.3, 0.4) is 0 Å². The number of benzene rings is 1. The zero-order valence-corrected chi connectivity index (χ0v) is 22.3. The molecule has 1 aromatic rings. The lowest BCUT2D eigenvalue weighted by atomic mass is 9.87. The molecule has 35 heavy (non-hydrogen) atoms. The second kappa shape index (κ2) is 11.6. The summed E-state index contributed by atoms with van der Waals surface area (Å²) in [6.45, 7) is 12.2. The maximum Gasteiger partial charge on any atom is 0.414 e. The van der Waals surface area contributed by atoms with E-state index in [-0.39, 0.29) is 12.0 Å². The second-order valence-electron chi connectivity index (χ2n) is 10.9. The van der Waals surface area contributed by atoms with Crippen LogP contribution < -0.4 is 4.90 Å². The Labute approximate surface area is 209 Å². The summed E-state index contributed by atoms with van der Waals surface area (Å²) >= 11 is 0. The van der Waals surface area contributed by atoms with Crippen LogP contribution in [0.1, 0.15) is 66.4 Å². The summed E-state index contributed by atoms with van der Waals surface area (Å²) in [6.07, 6.45) is 3.01. The lowest BCUT2D eigenvalue weighted by molar-refractivity contribution is -0.134. The normalized spacial score (nSPS) is 15.4. The molecule has 1 aliphatic heterocycles. The molecule has 1 heterocycles. The molecule has 0 bridgehead atoms. The first-order chi connectivity index (χ1) is 16.2. The van der Waals surface area contributed by atoms with Crippen LogP contribution in [0.2, 0.25) is 0 Å². The van der Waals surface area contributed by atoms with Crippen molar-refractivity contribution in [3.8, 4) is 0 Å². The van der Waals surface area contributed by atoms with E-state index < -0.39 is 23.3 Å². The molecule has 8 nitrogen and oxygen atoms in total. The fourth-order valence-corrected chi connectivity index (χ4v) is 3.77. The van der Waals surface area contributed by atoms with E-state index in [9.17, 15) is 14.4 Å². The Balaban J connectivity index is 2.16. The molecule has 0 saturated carbocycles. The summed E-state index contributed by atoms with van der Waals surface area (Å²) in [5, 5.41) is 0. The quantitative estimate of drug-likeness (QED) is 0.302. The summed E-state index contributed by atoms with van der Waals surface area (Å²) in [7, 11) is 3.01. The number of nitrogens with zero attached hydrogens (tertiary/aromatic N) is 2. The number of methoxy groups -OCH3 is 1. The average Bonchev–Trinajstić information content (AvgIpc) is 2.76. The van der Waals surface area contributed by atoms with Crippen LogP contribution in [0, 0.1) is 5.92 Å². The van der Waals surface area contributed by atoms with Crippen molar-refractivity contribution >= 4 is 29.4 Å². The molecular formula is C27H40N2O6. The Morgan fingerprint density at radius 2 is 1.63 bits per heavy atom. The van der Waals surface area contributed by atoms with Crippen LogP contribution in [0.25, 0.3) is 5.57 Å². The third kappa shape index (κ3) is 9.26. The van der Waals surface area contributed by atoms with Crippen molar-refractivity contribution in [2.45, 2.75) is 72.0 Å². The summed E-state index contributed by atoms with van der Waals surface area (Å²) < 4.78 is 15.8. The van der Waals surface area contributed by atoms with E-state index in [1.807, 2.05) is 65.8 Å². The fourth-order valence-electron chi connectivity index (χ4n) is 3.77. The third-order valence-corrected chi connectivity index (χ3v) is 5.54. The monoisotopic (exact) mass is 488 g/mol. The van der Waals surface area contributed by atoms with Gasteiger partial charge >= 0.3 is 18.2 Å². The molecule has 1 aliphatic rings. The Kier molecular flexibility index (Phi) is 9.35. The first-order valence-corrected chi connectivity index (χ1v) is 12.0. The zero-order chi connectivity index (χ0) is 26.4. The van der Waals surface area contributed by atoms with Crippen molar-refractivity contribution in [1.29, 1.82) is 0 Å². The van der Waals surface area contributed by atoms with Gasteiger partial charge in [-0.1, -0.05) is 12.1 Å². The van der Waals surface area contributed by atoms with Gasteiger partial charge in [0.05, 0.1) is 7.11 Å². The zero-order valence-electron chi connectivity index (χ0n) is 22.3. The molecule has 8 heteroatoms. The molecule has 0 N–H and O–H groups in total. The van der Waals surface area contributed by atoms with Crippen LogP contribution in [-0.4, -0.2) is 61.5 Å². The van der Waals surface area contributed by atoms with E-state index in [2.05, 4.69) is 0 Å². The summed E-state index contributed by atoms with van der Waals surface area (Å²) in [4.78, 5) is 40.2. The number of likely N-dealkylation sites (tertiary alicyclic amines) is 1. The molecule has 1 saturated heterocycles. The van der Waals surface area contributed by atoms with Crippen LogP contribution >= 0.6 is 0 Å². The van der Waals surface area contributed by atoms with Crippen molar-refractivity contribution in [1.82, 2.24) is 4.90 Å².